The zero-order chi connectivity index (χ0) is 18.5. The molecule has 0 heterocycles. The maximum Gasteiger partial charge on any atom is 0.242 e. The Hall–Kier alpha value is -1.36. The maximum absolute atomic E-state index is 12.3. The summed E-state index contributed by atoms with van der Waals surface area (Å²) in [7, 11) is -3.11. The molecule has 10 heteroatoms. The molecule has 0 fully saturated rings. The molecule has 1 rings (SSSR count). The highest BCUT2D eigenvalue weighted by molar-refractivity contribution is 7.92. The Bertz CT molecular complexity index is 761. The third kappa shape index (κ3) is 5.33. The summed E-state index contributed by atoms with van der Waals surface area (Å²) in [5.74, 6) is -0.236. The Labute approximate surface area is 144 Å². The van der Waals surface area contributed by atoms with E-state index in [1.807, 2.05) is 6.92 Å². The first-order chi connectivity index (χ1) is 11.0. The molecular weight excluding hydrogens is 354 g/mol. The van der Waals surface area contributed by atoms with Crippen LogP contribution in [0.4, 0.5) is 11.4 Å². The van der Waals surface area contributed by atoms with E-state index in [9.17, 15) is 16.8 Å². The van der Waals surface area contributed by atoms with E-state index < -0.39 is 26.2 Å². The van der Waals surface area contributed by atoms with Crippen molar-refractivity contribution in [1.82, 2.24) is 4.31 Å². The topological polar surface area (TPSA) is 105 Å². The van der Waals surface area contributed by atoms with Gasteiger partial charge in [0.1, 0.15) is 0 Å². The molecule has 0 aliphatic heterocycles. The molecular formula is C14H25N3O5S2. The summed E-state index contributed by atoms with van der Waals surface area (Å²) in [6.45, 7) is 4.05. The maximum atomic E-state index is 12.3. The molecule has 0 unspecified atom stereocenters. The van der Waals surface area contributed by atoms with Gasteiger partial charge in [0, 0.05) is 27.7 Å². The van der Waals surface area contributed by atoms with Crippen LogP contribution < -0.4 is 10.0 Å². The Morgan fingerprint density at radius 2 is 1.79 bits per heavy atom. The van der Waals surface area contributed by atoms with Gasteiger partial charge in [-0.1, -0.05) is 0 Å². The molecule has 0 aliphatic carbocycles. The second-order valence-corrected chi connectivity index (χ2v) is 9.37. The fourth-order valence-electron chi connectivity index (χ4n) is 1.91. The van der Waals surface area contributed by atoms with Crippen LogP contribution in [0.25, 0.3) is 0 Å². The summed E-state index contributed by atoms with van der Waals surface area (Å²) in [4.78, 5) is 0.00615. The lowest BCUT2D eigenvalue weighted by molar-refractivity contribution is 0.136. The lowest BCUT2D eigenvalue weighted by Gasteiger charge is -2.18. The van der Waals surface area contributed by atoms with Crippen molar-refractivity contribution in [1.29, 1.82) is 0 Å². The third-order valence-electron chi connectivity index (χ3n) is 3.26. The second-order valence-electron chi connectivity index (χ2n) is 5.45. The summed E-state index contributed by atoms with van der Waals surface area (Å²) >= 11 is 0. The predicted octanol–water partition coefficient (Wildman–Crippen LogP) is 1.15. The van der Waals surface area contributed by atoms with Crippen LogP contribution in [0, 0.1) is 0 Å². The number of nitrogens with one attached hydrogen (secondary N) is 2. The lowest BCUT2D eigenvalue weighted by Crippen LogP contribution is -2.26. The number of ether oxygens (including phenoxy) is 1. The van der Waals surface area contributed by atoms with Gasteiger partial charge >= 0.3 is 0 Å². The van der Waals surface area contributed by atoms with Gasteiger partial charge in [0.25, 0.3) is 0 Å². The van der Waals surface area contributed by atoms with E-state index in [0.717, 1.165) is 4.31 Å². The van der Waals surface area contributed by atoms with Gasteiger partial charge in [0.2, 0.25) is 20.0 Å². The predicted molar refractivity (Wildman–Crippen MR) is 95.4 cm³/mol. The first kappa shape index (κ1) is 20.7. The molecule has 138 valence electrons. The van der Waals surface area contributed by atoms with Gasteiger partial charge in [0.05, 0.1) is 28.1 Å². The molecule has 2 N–H and O–H groups in total. The summed E-state index contributed by atoms with van der Waals surface area (Å²) in [5, 5.41) is 3.01. The molecule has 1 aromatic rings. The molecule has 24 heavy (non-hydrogen) atoms. The van der Waals surface area contributed by atoms with Crippen molar-refractivity contribution in [2.75, 3.05) is 43.5 Å². The number of rotatable bonds is 9. The molecule has 8 nitrogen and oxygen atoms in total. The lowest BCUT2D eigenvalue weighted by atomic mass is 10.2. The summed E-state index contributed by atoms with van der Waals surface area (Å²) in [5.41, 5.74) is 0.687. The minimum Gasteiger partial charge on any atom is -0.384 e. The second kappa shape index (κ2) is 8.15. The molecule has 1 aromatic carbocycles. The normalized spacial score (nSPS) is 13.8. The van der Waals surface area contributed by atoms with E-state index in [-0.39, 0.29) is 16.3 Å². The van der Waals surface area contributed by atoms with Crippen molar-refractivity contribution >= 4 is 31.4 Å². The average molecular weight is 380 g/mol. The third-order valence-corrected chi connectivity index (χ3v) is 6.51. The highest BCUT2D eigenvalue weighted by Crippen LogP contribution is 2.27. The summed E-state index contributed by atoms with van der Waals surface area (Å²) < 4.78 is 57.5. The first-order valence-corrected chi connectivity index (χ1v) is 10.5. The molecule has 0 aliphatic rings. The molecule has 0 amide bonds. The van der Waals surface area contributed by atoms with Crippen LogP contribution in [0.5, 0.6) is 0 Å². The van der Waals surface area contributed by atoms with Crippen molar-refractivity contribution in [2.24, 2.45) is 0 Å². The summed E-state index contributed by atoms with van der Waals surface area (Å²) in [6, 6.07) is 4.28. The molecule has 0 saturated carbocycles. The molecule has 0 spiro atoms. The van der Waals surface area contributed by atoms with Gasteiger partial charge in [-0.15, -0.1) is 0 Å². The quantitative estimate of drug-likeness (QED) is 0.667. The van der Waals surface area contributed by atoms with Crippen molar-refractivity contribution in [3.63, 3.8) is 0 Å². The van der Waals surface area contributed by atoms with E-state index in [1.54, 1.807) is 6.92 Å². The van der Waals surface area contributed by atoms with Crippen LogP contribution in [-0.2, 0) is 24.8 Å². The molecule has 0 radical (unpaired) electrons. The van der Waals surface area contributed by atoms with E-state index in [1.165, 1.54) is 39.4 Å². The average Bonchev–Trinajstić information content (AvgIpc) is 2.47. The number of benzene rings is 1. The smallest absolute Gasteiger partial charge is 0.242 e. The highest BCUT2D eigenvalue weighted by Gasteiger charge is 2.21. The Kier molecular flexibility index (Phi) is 7.02. The zero-order valence-corrected chi connectivity index (χ0v) is 16.2. The van der Waals surface area contributed by atoms with Crippen molar-refractivity contribution in [2.45, 2.75) is 24.8 Å². The van der Waals surface area contributed by atoms with E-state index in [2.05, 4.69) is 10.0 Å². The Balaban J connectivity index is 3.28. The van der Waals surface area contributed by atoms with Gasteiger partial charge in [-0.3, -0.25) is 4.72 Å². The van der Waals surface area contributed by atoms with Crippen LogP contribution in [0.1, 0.15) is 13.8 Å². The van der Waals surface area contributed by atoms with Crippen LogP contribution in [0.3, 0.4) is 0 Å². The standard InChI is InChI=1S/C14H25N3O5S2/c1-6-15-13-8-7-12(24(20,21)17(3)4)9-14(13)16-23(18,19)10-11(2)22-5/h7-9,11,15-16H,6,10H2,1-5H3/t11-/m1/s1. The van der Waals surface area contributed by atoms with E-state index in [4.69, 9.17) is 4.74 Å². The van der Waals surface area contributed by atoms with Gasteiger partial charge in [-0.05, 0) is 32.0 Å². The van der Waals surface area contributed by atoms with Gasteiger partial charge in [-0.2, -0.15) is 0 Å². The van der Waals surface area contributed by atoms with Crippen molar-refractivity contribution < 1.29 is 21.6 Å². The number of hydrogen-bond acceptors (Lipinski definition) is 6. The monoisotopic (exact) mass is 379 g/mol. The zero-order valence-electron chi connectivity index (χ0n) is 14.5. The van der Waals surface area contributed by atoms with Gasteiger partial charge in [-0.25, -0.2) is 21.1 Å². The fourth-order valence-corrected chi connectivity index (χ4v) is 4.18. The number of sulfonamides is 2. The first-order valence-electron chi connectivity index (χ1n) is 7.37. The van der Waals surface area contributed by atoms with Gasteiger partial charge < -0.3 is 10.1 Å². The van der Waals surface area contributed by atoms with Crippen LogP contribution in [0.15, 0.2) is 23.1 Å². The number of anilines is 2. The van der Waals surface area contributed by atoms with E-state index >= 15 is 0 Å². The molecule has 1 atom stereocenters. The number of methoxy groups -OCH3 is 1. The van der Waals surface area contributed by atoms with Crippen LogP contribution in [-0.4, -0.2) is 60.7 Å². The van der Waals surface area contributed by atoms with Crippen LogP contribution in [0.2, 0.25) is 0 Å². The largest absolute Gasteiger partial charge is 0.384 e. The molecule has 0 saturated heterocycles. The molecule has 0 aromatic heterocycles. The number of hydrogen-bond donors (Lipinski definition) is 2. The highest BCUT2D eigenvalue weighted by atomic mass is 32.2. The summed E-state index contributed by atoms with van der Waals surface area (Å²) in [6.07, 6.45) is -0.487. The Morgan fingerprint density at radius 3 is 2.29 bits per heavy atom. The van der Waals surface area contributed by atoms with Crippen LogP contribution >= 0.6 is 0 Å². The van der Waals surface area contributed by atoms with Gasteiger partial charge in [0.15, 0.2) is 0 Å². The molecule has 0 bridgehead atoms. The Morgan fingerprint density at radius 1 is 1.17 bits per heavy atom. The van der Waals surface area contributed by atoms with E-state index in [0.29, 0.717) is 12.2 Å². The number of nitrogens with zero attached hydrogens (tertiary/aromatic N) is 1. The minimum absolute atomic E-state index is 0.00615. The van der Waals surface area contributed by atoms with Crippen molar-refractivity contribution in [3.05, 3.63) is 18.2 Å². The fraction of sp³-hybridized carbons (Fsp3) is 0.571. The SMILES string of the molecule is CCNc1ccc(S(=O)(=O)N(C)C)cc1NS(=O)(=O)C[C@@H](C)OC. The minimum atomic E-state index is -3.69. The van der Waals surface area contributed by atoms with Crippen molar-refractivity contribution in [3.8, 4) is 0 Å².